The first kappa shape index (κ1) is 14.5. The van der Waals surface area contributed by atoms with E-state index in [0.717, 1.165) is 10.0 Å². The van der Waals surface area contributed by atoms with Crippen LogP contribution in [0.5, 0.6) is 5.75 Å². The zero-order valence-electron chi connectivity index (χ0n) is 10.2. The molecule has 1 aromatic heterocycles. The lowest BCUT2D eigenvalue weighted by Gasteiger charge is -2.06. The fourth-order valence-corrected chi connectivity index (χ4v) is 1.91. The molecule has 2 rings (SSSR count). The van der Waals surface area contributed by atoms with Gasteiger partial charge in [0.05, 0.1) is 0 Å². The quantitative estimate of drug-likeness (QED) is 0.874. The molecule has 2 aromatic rings. The molecule has 0 saturated carbocycles. The van der Waals surface area contributed by atoms with Crippen molar-refractivity contribution >= 4 is 21.8 Å². The number of carbonyl (C=O) groups excluding carboxylic acids is 1. The SMILES string of the molecule is O=C(NCc1ccc(OC(F)F)cc1)c1cc(Br)c[nH]1. The first-order valence-electron chi connectivity index (χ1n) is 5.70. The van der Waals surface area contributed by atoms with Gasteiger partial charge in [0.1, 0.15) is 11.4 Å². The number of hydrogen-bond donors (Lipinski definition) is 2. The maximum Gasteiger partial charge on any atom is 0.387 e. The molecule has 0 radical (unpaired) electrons. The Morgan fingerprint density at radius 1 is 1.35 bits per heavy atom. The van der Waals surface area contributed by atoms with E-state index in [0.29, 0.717) is 12.2 Å². The van der Waals surface area contributed by atoms with Gasteiger partial charge in [-0.15, -0.1) is 0 Å². The molecular formula is C13H11BrF2N2O2. The van der Waals surface area contributed by atoms with Crippen LogP contribution >= 0.6 is 15.9 Å². The molecule has 0 fully saturated rings. The number of aromatic amines is 1. The van der Waals surface area contributed by atoms with Crippen LogP contribution in [0.1, 0.15) is 16.1 Å². The standard InChI is InChI=1S/C13H11BrF2N2O2/c14-9-5-11(17-7-9)12(19)18-6-8-1-3-10(4-2-8)20-13(15)16/h1-5,7,13,17H,6H2,(H,18,19). The van der Waals surface area contributed by atoms with Crippen LogP contribution in [0.4, 0.5) is 8.78 Å². The number of H-pyrrole nitrogens is 1. The number of amides is 1. The van der Waals surface area contributed by atoms with Crippen LogP contribution in [0.3, 0.4) is 0 Å². The minimum absolute atomic E-state index is 0.0865. The molecule has 0 atom stereocenters. The fraction of sp³-hybridized carbons (Fsp3) is 0.154. The second-order valence-electron chi connectivity index (χ2n) is 3.94. The summed E-state index contributed by atoms with van der Waals surface area (Å²) >= 11 is 3.24. The summed E-state index contributed by atoms with van der Waals surface area (Å²) in [6.45, 7) is -2.54. The van der Waals surface area contributed by atoms with Gasteiger partial charge >= 0.3 is 6.61 Å². The Kier molecular flexibility index (Phi) is 4.73. The third kappa shape index (κ3) is 4.06. The highest BCUT2D eigenvalue weighted by molar-refractivity contribution is 9.10. The fourth-order valence-electron chi connectivity index (χ4n) is 1.57. The summed E-state index contributed by atoms with van der Waals surface area (Å²) in [6, 6.07) is 7.75. The van der Waals surface area contributed by atoms with E-state index in [1.165, 1.54) is 12.1 Å². The molecule has 0 unspecified atom stereocenters. The molecule has 106 valence electrons. The average molecular weight is 345 g/mol. The largest absolute Gasteiger partial charge is 0.435 e. The molecule has 7 heteroatoms. The van der Waals surface area contributed by atoms with Crippen molar-refractivity contribution in [3.8, 4) is 5.75 Å². The topological polar surface area (TPSA) is 54.1 Å². The van der Waals surface area contributed by atoms with E-state index >= 15 is 0 Å². The molecular weight excluding hydrogens is 334 g/mol. The summed E-state index contributed by atoms with van der Waals surface area (Å²) in [6.07, 6.45) is 1.66. The van der Waals surface area contributed by atoms with Gasteiger partial charge < -0.3 is 15.0 Å². The maximum absolute atomic E-state index is 12.0. The molecule has 1 heterocycles. The molecule has 0 aliphatic rings. The smallest absolute Gasteiger partial charge is 0.387 e. The van der Waals surface area contributed by atoms with Crippen molar-refractivity contribution in [3.63, 3.8) is 0 Å². The summed E-state index contributed by atoms with van der Waals surface area (Å²) in [5.74, 6) is -0.160. The van der Waals surface area contributed by atoms with Crippen LogP contribution in [0, 0.1) is 0 Å². The minimum atomic E-state index is -2.84. The number of benzene rings is 1. The van der Waals surface area contributed by atoms with Gasteiger partial charge in [-0.25, -0.2) is 0 Å². The van der Waals surface area contributed by atoms with Gasteiger partial charge in [0.25, 0.3) is 5.91 Å². The first-order chi connectivity index (χ1) is 9.54. The molecule has 0 spiro atoms. The predicted octanol–water partition coefficient (Wildman–Crippen LogP) is 3.31. The summed E-state index contributed by atoms with van der Waals surface area (Å²) in [4.78, 5) is 14.6. The molecule has 0 bridgehead atoms. The number of hydrogen-bond acceptors (Lipinski definition) is 2. The Morgan fingerprint density at radius 3 is 2.60 bits per heavy atom. The molecule has 4 nitrogen and oxygen atoms in total. The van der Waals surface area contributed by atoms with Crippen LogP contribution in [-0.2, 0) is 6.54 Å². The van der Waals surface area contributed by atoms with Crippen molar-refractivity contribution in [2.24, 2.45) is 0 Å². The number of nitrogens with one attached hydrogen (secondary N) is 2. The highest BCUT2D eigenvalue weighted by atomic mass is 79.9. The number of alkyl halides is 2. The van der Waals surface area contributed by atoms with E-state index in [4.69, 9.17) is 0 Å². The van der Waals surface area contributed by atoms with Gasteiger partial charge in [-0.3, -0.25) is 4.79 Å². The van der Waals surface area contributed by atoms with Crippen molar-refractivity contribution in [2.45, 2.75) is 13.2 Å². The highest BCUT2D eigenvalue weighted by Gasteiger charge is 2.08. The Balaban J connectivity index is 1.89. The van der Waals surface area contributed by atoms with E-state index < -0.39 is 6.61 Å². The minimum Gasteiger partial charge on any atom is -0.435 e. The van der Waals surface area contributed by atoms with E-state index in [1.54, 1.807) is 24.4 Å². The average Bonchev–Trinajstić information content (AvgIpc) is 2.84. The van der Waals surface area contributed by atoms with Gasteiger partial charge in [-0.2, -0.15) is 8.78 Å². The van der Waals surface area contributed by atoms with Gasteiger partial charge in [0, 0.05) is 17.2 Å². The van der Waals surface area contributed by atoms with Crippen LogP contribution in [0.15, 0.2) is 41.0 Å². The molecule has 2 N–H and O–H groups in total. The van der Waals surface area contributed by atoms with Crippen LogP contribution in [0.25, 0.3) is 0 Å². The number of halogens is 3. The van der Waals surface area contributed by atoms with Crippen molar-refractivity contribution in [1.29, 1.82) is 0 Å². The first-order valence-corrected chi connectivity index (χ1v) is 6.50. The Hall–Kier alpha value is -1.89. The third-order valence-electron chi connectivity index (χ3n) is 2.49. The van der Waals surface area contributed by atoms with Crippen molar-refractivity contribution in [2.75, 3.05) is 0 Å². The third-order valence-corrected chi connectivity index (χ3v) is 2.95. The van der Waals surface area contributed by atoms with Gasteiger partial charge in [-0.1, -0.05) is 12.1 Å². The maximum atomic E-state index is 12.0. The van der Waals surface area contributed by atoms with Crippen LogP contribution in [-0.4, -0.2) is 17.5 Å². The van der Waals surface area contributed by atoms with Crippen molar-refractivity contribution < 1.29 is 18.3 Å². The molecule has 0 saturated heterocycles. The Morgan fingerprint density at radius 2 is 2.05 bits per heavy atom. The van der Waals surface area contributed by atoms with Gasteiger partial charge in [-0.05, 0) is 39.7 Å². The molecule has 1 aromatic carbocycles. The van der Waals surface area contributed by atoms with Crippen LogP contribution in [0.2, 0.25) is 0 Å². The zero-order chi connectivity index (χ0) is 14.5. The Bertz CT molecular complexity index is 584. The van der Waals surface area contributed by atoms with Crippen molar-refractivity contribution in [1.82, 2.24) is 10.3 Å². The monoisotopic (exact) mass is 344 g/mol. The molecule has 20 heavy (non-hydrogen) atoms. The summed E-state index contributed by atoms with van der Waals surface area (Å²) in [5, 5.41) is 2.71. The molecule has 1 amide bonds. The molecule has 0 aliphatic heterocycles. The van der Waals surface area contributed by atoms with Crippen molar-refractivity contribution in [3.05, 3.63) is 52.3 Å². The van der Waals surface area contributed by atoms with E-state index in [-0.39, 0.29) is 11.7 Å². The van der Waals surface area contributed by atoms with E-state index in [1.807, 2.05) is 0 Å². The second kappa shape index (κ2) is 6.51. The summed E-state index contributed by atoms with van der Waals surface area (Å²) < 4.78 is 29.0. The lowest BCUT2D eigenvalue weighted by molar-refractivity contribution is -0.0498. The lowest BCUT2D eigenvalue weighted by atomic mass is 10.2. The second-order valence-corrected chi connectivity index (χ2v) is 4.85. The predicted molar refractivity (Wildman–Crippen MR) is 72.7 cm³/mol. The summed E-state index contributed by atoms with van der Waals surface area (Å²) in [5.41, 5.74) is 1.22. The lowest BCUT2D eigenvalue weighted by Crippen LogP contribution is -2.22. The number of carbonyl (C=O) groups is 1. The zero-order valence-corrected chi connectivity index (χ0v) is 11.8. The van der Waals surface area contributed by atoms with E-state index in [2.05, 4.69) is 31.0 Å². The van der Waals surface area contributed by atoms with Crippen LogP contribution < -0.4 is 10.1 Å². The summed E-state index contributed by atoms with van der Waals surface area (Å²) in [7, 11) is 0. The number of rotatable bonds is 5. The normalized spacial score (nSPS) is 10.6. The molecule has 0 aliphatic carbocycles. The number of ether oxygens (including phenoxy) is 1. The highest BCUT2D eigenvalue weighted by Crippen LogP contribution is 2.15. The van der Waals surface area contributed by atoms with E-state index in [9.17, 15) is 13.6 Å². The number of aromatic nitrogens is 1. The van der Waals surface area contributed by atoms with Gasteiger partial charge in [0.15, 0.2) is 0 Å². The van der Waals surface area contributed by atoms with Gasteiger partial charge in [0.2, 0.25) is 0 Å². The Labute approximate surface area is 122 Å².